The van der Waals surface area contributed by atoms with Gasteiger partial charge in [0.25, 0.3) is 0 Å². The third kappa shape index (κ3) is 2.36. The Kier molecular flexibility index (Phi) is 3.14. The standard InChI is InChI=1S/C10H12FNO/c1-7(12-2)10(13)8-4-3-5-9(11)6-8/h3-7,12H,1-2H3/i4+1. The number of likely N-dealkylation sites (N-methyl/N-ethyl adjacent to an activating group) is 1. The van der Waals surface area contributed by atoms with E-state index in [0.29, 0.717) is 5.56 Å². The Morgan fingerprint density at radius 2 is 2.23 bits per heavy atom. The molecule has 0 saturated heterocycles. The van der Waals surface area contributed by atoms with Gasteiger partial charge in [0, 0.05) is 5.56 Å². The van der Waals surface area contributed by atoms with Gasteiger partial charge in [-0.05, 0) is 26.1 Å². The fraction of sp³-hybridized carbons (Fsp3) is 0.300. The first-order valence-electron chi connectivity index (χ1n) is 4.12. The lowest BCUT2D eigenvalue weighted by atomic mass is 10.1. The molecule has 0 aliphatic rings. The average molecular weight is 182 g/mol. The third-order valence-corrected chi connectivity index (χ3v) is 1.94. The van der Waals surface area contributed by atoms with Crippen LogP contribution in [0, 0.1) is 5.82 Å². The minimum Gasteiger partial charge on any atom is -0.310 e. The molecule has 0 aliphatic carbocycles. The SMILES string of the molecule is CNC(C)C(=O)c1cc(F)cc[13cH]1. The molecule has 1 atom stereocenters. The highest BCUT2D eigenvalue weighted by molar-refractivity contribution is 5.99. The van der Waals surface area contributed by atoms with Gasteiger partial charge in [0.2, 0.25) is 0 Å². The number of carbonyl (C=O) groups is 1. The summed E-state index contributed by atoms with van der Waals surface area (Å²) in [4.78, 5) is 11.5. The van der Waals surface area contributed by atoms with Gasteiger partial charge in [0.05, 0.1) is 6.04 Å². The van der Waals surface area contributed by atoms with Crippen LogP contribution in [0.1, 0.15) is 17.3 Å². The Morgan fingerprint density at radius 1 is 1.54 bits per heavy atom. The van der Waals surface area contributed by atoms with Gasteiger partial charge in [0.1, 0.15) is 5.82 Å². The number of benzene rings is 1. The molecule has 1 rings (SSSR count). The molecule has 0 radical (unpaired) electrons. The molecule has 0 amide bonds. The van der Waals surface area contributed by atoms with Crippen molar-refractivity contribution in [3.63, 3.8) is 0 Å². The summed E-state index contributed by atoms with van der Waals surface area (Å²) in [6, 6.07) is 5.43. The summed E-state index contributed by atoms with van der Waals surface area (Å²) in [6.07, 6.45) is 0. The van der Waals surface area contributed by atoms with Gasteiger partial charge in [-0.3, -0.25) is 4.79 Å². The van der Waals surface area contributed by atoms with Crippen LogP contribution in [0.3, 0.4) is 0 Å². The molecular weight excluding hydrogens is 170 g/mol. The largest absolute Gasteiger partial charge is 0.310 e. The minimum absolute atomic E-state index is 0.0954. The quantitative estimate of drug-likeness (QED) is 0.719. The van der Waals surface area contributed by atoms with E-state index in [9.17, 15) is 9.18 Å². The van der Waals surface area contributed by atoms with E-state index in [0.717, 1.165) is 0 Å². The van der Waals surface area contributed by atoms with Crippen LogP contribution in [0.15, 0.2) is 24.3 Å². The third-order valence-electron chi connectivity index (χ3n) is 1.94. The molecule has 0 fully saturated rings. The van der Waals surface area contributed by atoms with E-state index < -0.39 is 0 Å². The number of hydrogen-bond acceptors (Lipinski definition) is 2. The molecule has 0 spiro atoms. The van der Waals surface area contributed by atoms with Crippen LogP contribution in [0.25, 0.3) is 0 Å². The lowest BCUT2D eigenvalue weighted by Gasteiger charge is -2.08. The predicted molar refractivity (Wildman–Crippen MR) is 49.3 cm³/mol. The Labute approximate surface area is 76.8 Å². The van der Waals surface area contributed by atoms with Crippen molar-refractivity contribution >= 4 is 5.78 Å². The first-order valence-corrected chi connectivity index (χ1v) is 4.12. The van der Waals surface area contributed by atoms with Gasteiger partial charge in [-0.1, -0.05) is 12.1 Å². The summed E-state index contributed by atoms with van der Waals surface area (Å²) in [5.74, 6) is -0.476. The van der Waals surface area contributed by atoms with Crippen molar-refractivity contribution < 1.29 is 9.18 Å². The van der Waals surface area contributed by atoms with Crippen molar-refractivity contribution in [2.75, 3.05) is 7.05 Å². The maximum atomic E-state index is 12.7. The van der Waals surface area contributed by atoms with Crippen molar-refractivity contribution in [3.05, 3.63) is 35.6 Å². The molecule has 2 nitrogen and oxygen atoms in total. The van der Waals surface area contributed by atoms with Gasteiger partial charge < -0.3 is 5.32 Å². The molecule has 0 bridgehead atoms. The number of ketones is 1. The van der Waals surface area contributed by atoms with Crippen molar-refractivity contribution in [2.45, 2.75) is 13.0 Å². The average Bonchev–Trinajstić information content (AvgIpc) is 2.15. The zero-order valence-electron chi connectivity index (χ0n) is 7.67. The summed E-state index contributed by atoms with van der Waals surface area (Å²) in [5, 5.41) is 2.81. The van der Waals surface area contributed by atoms with Gasteiger partial charge in [0.15, 0.2) is 5.78 Å². The highest BCUT2D eigenvalue weighted by Crippen LogP contribution is 2.06. The molecule has 0 saturated carbocycles. The Balaban J connectivity index is 2.89. The van der Waals surface area contributed by atoms with E-state index in [-0.39, 0.29) is 17.6 Å². The van der Waals surface area contributed by atoms with Gasteiger partial charge >= 0.3 is 0 Å². The molecule has 0 aliphatic heterocycles. The van der Waals surface area contributed by atoms with Crippen LogP contribution < -0.4 is 5.32 Å². The zero-order chi connectivity index (χ0) is 9.84. The van der Waals surface area contributed by atoms with Gasteiger partial charge in [-0.2, -0.15) is 0 Å². The fourth-order valence-electron chi connectivity index (χ4n) is 1.02. The van der Waals surface area contributed by atoms with Crippen LogP contribution in [0.5, 0.6) is 0 Å². The Bertz CT molecular complexity index is 312. The molecule has 3 heteroatoms. The van der Waals surface area contributed by atoms with Crippen molar-refractivity contribution in [3.8, 4) is 0 Å². The summed E-state index contributed by atoms with van der Waals surface area (Å²) in [7, 11) is 1.70. The second-order valence-electron chi connectivity index (χ2n) is 2.88. The van der Waals surface area contributed by atoms with Crippen molar-refractivity contribution in [2.24, 2.45) is 0 Å². The first-order chi connectivity index (χ1) is 6.15. The van der Waals surface area contributed by atoms with Gasteiger partial charge in [-0.15, -0.1) is 0 Å². The number of rotatable bonds is 3. The predicted octanol–water partition coefficient (Wildman–Crippen LogP) is 1.62. The smallest absolute Gasteiger partial charge is 0.179 e. The van der Waals surface area contributed by atoms with E-state index in [1.807, 2.05) is 0 Å². The molecular formula is C10H12FNO. The molecule has 0 aromatic heterocycles. The minimum atomic E-state index is -0.380. The Hall–Kier alpha value is -1.22. The van der Waals surface area contributed by atoms with Crippen LogP contribution in [0.4, 0.5) is 4.39 Å². The fourth-order valence-corrected chi connectivity index (χ4v) is 1.02. The van der Waals surface area contributed by atoms with Crippen LogP contribution in [-0.2, 0) is 0 Å². The molecule has 1 aromatic rings. The maximum absolute atomic E-state index is 12.7. The van der Waals surface area contributed by atoms with Crippen LogP contribution >= 0.6 is 0 Å². The molecule has 1 N–H and O–H groups in total. The summed E-state index contributed by atoms with van der Waals surface area (Å²) < 4.78 is 12.7. The molecule has 13 heavy (non-hydrogen) atoms. The van der Waals surface area contributed by atoms with E-state index in [1.165, 1.54) is 18.2 Å². The highest BCUT2D eigenvalue weighted by Gasteiger charge is 2.12. The lowest BCUT2D eigenvalue weighted by molar-refractivity contribution is 0.0954. The van der Waals surface area contributed by atoms with Crippen molar-refractivity contribution in [1.82, 2.24) is 5.32 Å². The monoisotopic (exact) mass is 182 g/mol. The second kappa shape index (κ2) is 4.14. The van der Waals surface area contributed by atoms with Crippen LogP contribution in [0.2, 0.25) is 0 Å². The second-order valence-corrected chi connectivity index (χ2v) is 2.88. The van der Waals surface area contributed by atoms with E-state index >= 15 is 0 Å². The zero-order valence-corrected chi connectivity index (χ0v) is 7.67. The first kappa shape index (κ1) is 9.86. The normalized spacial score (nSPS) is 12.5. The number of Topliss-reactive ketones (excluding diaryl/α,β-unsaturated/α-hetero) is 1. The van der Waals surface area contributed by atoms with Crippen molar-refractivity contribution in [1.29, 1.82) is 0 Å². The van der Waals surface area contributed by atoms with E-state index in [4.69, 9.17) is 0 Å². The number of carbonyl (C=O) groups excluding carboxylic acids is 1. The summed E-state index contributed by atoms with van der Waals surface area (Å²) in [5.41, 5.74) is 0.404. The summed E-state index contributed by atoms with van der Waals surface area (Å²) >= 11 is 0. The maximum Gasteiger partial charge on any atom is 0.179 e. The molecule has 0 heterocycles. The topological polar surface area (TPSA) is 29.1 Å². The van der Waals surface area contributed by atoms with Crippen LogP contribution in [-0.4, -0.2) is 18.9 Å². The van der Waals surface area contributed by atoms with E-state index in [2.05, 4.69) is 5.32 Å². The highest BCUT2D eigenvalue weighted by atomic mass is 19.1. The lowest BCUT2D eigenvalue weighted by Crippen LogP contribution is -2.30. The molecule has 70 valence electrons. The molecule has 1 aromatic carbocycles. The van der Waals surface area contributed by atoms with E-state index in [1.54, 1.807) is 20.0 Å². The summed E-state index contributed by atoms with van der Waals surface area (Å²) in [6.45, 7) is 1.74. The number of nitrogens with one attached hydrogen (secondary N) is 1. The Morgan fingerprint density at radius 3 is 2.77 bits per heavy atom. The number of halogens is 1. The van der Waals surface area contributed by atoms with Gasteiger partial charge in [-0.25, -0.2) is 4.39 Å². The molecule has 1 unspecified atom stereocenters. The number of hydrogen-bond donors (Lipinski definition) is 1.